The molecule has 1 aromatic carbocycles. The molecule has 0 aliphatic rings. The van der Waals surface area contributed by atoms with Crippen molar-refractivity contribution in [3.05, 3.63) is 29.5 Å². The molecule has 1 aromatic heterocycles. The van der Waals surface area contributed by atoms with Crippen LogP contribution in [0.15, 0.2) is 24.4 Å². The topological polar surface area (TPSA) is 53.5 Å². The lowest BCUT2D eigenvalue weighted by atomic mass is 10.1. The molecule has 2 rings (SSSR count). The van der Waals surface area contributed by atoms with Crippen LogP contribution in [0, 0.1) is 0 Å². The van der Waals surface area contributed by atoms with Crippen molar-refractivity contribution in [2.45, 2.75) is 0 Å². The molecular formula is C13H13ClN2O3. The van der Waals surface area contributed by atoms with Crippen LogP contribution in [0.4, 0.5) is 0 Å². The van der Waals surface area contributed by atoms with E-state index in [0.29, 0.717) is 23.1 Å². The molecule has 6 heteroatoms. The number of halogens is 1. The van der Waals surface area contributed by atoms with Crippen LogP contribution in [-0.4, -0.2) is 31.3 Å². The number of rotatable bonds is 4. The van der Waals surface area contributed by atoms with Gasteiger partial charge in [-0.25, -0.2) is 4.98 Å². The number of hydrogen-bond acceptors (Lipinski definition) is 5. The molecule has 0 spiro atoms. The molecule has 0 atom stereocenters. The highest BCUT2D eigenvalue weighted by molar-refractivity contribution is 6.29. The highest BCUT2D eigenvalue weighted by Gasteiger charge is 2.13. The Kier molecular flexibility index (Phi) is 4.06. The molecule has 0 N–H and O–H groups in total. The first-order chi connectivity index (χ1) is 9.19. The van der Waals surface area contributed by atoms with Crippen LogP contribution in [0.25, 0.3) is 11.3 Å². The van der Waals surface area contributed by atoms with Crippen LogP contribution >= 0.6 is 11.6 Å². The van der Waals surface area contributed by atoms with Gasteiger partial charge in [-0.05, 0) is 18.2 Å². The van der Waals surface area contributed by atoms with Crippen LogP contribution in [-0.2, 0) is 0 Å². The Bertz CT molecular complexity index is 590. The summed E-state index contributed by atoms with van der Waals surface area (Å²) in [6.45, 7) is 0. The van der Waals surface area contributed by atoms with Gasteiger partial charge >= 0.3 is 0 Å². The lowest BCUT2D eigenvalue weighted by molar-refractivity contribution is 0.355. The molecule has 0 unspecified atom stereocenters. The van der Waals surface area contributed by atoms with Crippen LogP contribution in [0.1, 0.15) is 0 Å². The van der Waals surface area contributed by atoms with Crippen LogP contribution in [0.3, 0.4) is 0 Å². The third-order valence-electron chi connectivity index (χ3n) is 2.56. The molecule has 1 heterocycles. The number of benzene rings is 1. The summed E-state index contributed by atoms with van der Waals surface area (Å²) in [5, 5.41) is 0.279. The summed E-state index contributed by atoms with van der Waals surface area (Å²) < 4.78 is 15.6. The van der Waals surface area contributed by atoms with Crippen molar-refractivity contribution in [3.63, 3.8) is 0 Å². The summed E-state index contributed by atoms with van der Waals surface area (Å²) in [5.74, 6) is 1.62. The predicted molar refractivity (Wildman–Crippen MR) is 72.1 cm³/mol. The first kappa shape index (κ1) is 13.4. The number of ether oxygens (including phenoxy) is 3. The van der Waals surface area contributed by atoms with Gasteiger partial charge in [-0.3, -0.25) is 0 Å². The molecule has 0 radical (unpaired) electrons. The molecule has 19 heavy (non-hydrogen) atoms. The Morgan fingerprint density at radius 3 is 2.37 bits per heavy atom. The molecular weight excluding hydrogens is 268 g/mol. The Balaban J connectivity index is 2.53. The quantitative estimate of drug-likeness (QED) is 0.862. The van der Waals surface area contributed by atoms with Gasteiger partial charge in [-0.15, -0.1) is 0 Å². The van der Waals surface area contributed by atoms with Crippen molar-refractivity contribution >= 4 is 11.6 Å². The maximum absolute atomic E-state index is 5.79. The van der Waals surface area contributed by atoms with E-state index in [4.69, 9.17) is 25.8 Å². The average molecular weight is 281 g/mol. The Hall–Kier alpha value is -2.01. The average Bonchev–Trinajstić information content (AvgIpc) is 2.46. The van der Waals surface area contributed by atoms with Gasteiger partial charge in [0.15, 0.2) is 16.7 Å². The summed E-state index contributed by atoms with van der Waals surface area (Å²) in [6, 6.07) is 5.45. The first-order valence-corrected chi connectivity index (χ1v) is 5.86. The van der Waals surface area contributed by atoms with Crippen molar-refractivity contribution < 1.29 is 14.2 Å². The summed E-state index contributed by atoms with van der Waals surface area (Å²) >= 11 is 5.79. The zero-order valence-corrected chi connectivity index (χ0v) is 11.6. The number of nitrogens with zero attached hydrogens (tertiary/aromatic N) is 2. The summed E-state index contributed by atoms with van der Waals surface area (Å²) in [7, 11) is 4.68. The first-order valence-electron chi connectivity index (χ1n) is 5.48. The van der Waals surface area contributed by atoms with Crippen LogP contribution in [0.5, 0.6) is 17.4 Å². The van der Waals surface area contributed by atoms with Gasteiger partial charge in [0.2, 0.25) is 5.88 Å². The van der Waals surface area contributed by atoms with E-state index in [9.17, 15) is 0 Å². The van der Waals surface area contributed by atoms with E-state index in [0.717, 1.165) is 5.56 Å². The minimum Gasteiger partial charge on any atom is -0.493 e. The fourth-order valence-electron chi connectivity index (χ4n) is 1.68. The van der Waals surface area contributed by atoms with Gasteiger partial charge < -0.3 is 14.2 Å². The highest BCUT2D eigenvalue weighted by Crippen LogP contribution is 2.34. The largest absolute Gasteiger partial charge is 0.493 e. The molecule has 5 nitrogen and oxygen atoms in total. The van der Waals surface area contributed by atoms with Gasteiger partial charge in [-0.1, -0.05) is 11.6 Å². The molecule has 2 aromatic rings. The van der Waals surface area contributed by atoms with E-state index in [1.165, 1.54) is 13.3 Å². The number of aromatic nitrogens is 2. The van der Waals surface area contributed by atoms with E-state index < -0.39 is 0 Å². The lowest BCUT2D eigenvalue weighted by Gasteiger charge is -2.11. The fourth-order valence-corrected chi connectivity index (χ4v) is 1.80. The smallest absolute Gasteiger partial charge is 0.241 e. The second kappa shape index (κ2) is 5.75. The van der Waals surface area contributed by atoms with Gasteiger partial charge in [0, 0.05) is 5.56 Å². The third-order valence-corrected chi connectivity index (χ3v) is 2.74. The molecule has 0 saturated heterocycles. The highest BCUT2D eigenvalue weighted by atomic mass is 35.5. The van der Waals surface area contributed by atoms with E-state index in [1.807, 2.05) is 6.07 Å². The number of hydrogen-bond donors (Lipinski definition) is 0. The maximum Gasteiger partial charge on any atom is 0.241 e. The van der Waals surface area contributed by atoms with Gasteiger partial charge in [0.25, 0.3) is 0 Å². The standard InChI is InChI=1S/C13H13ClN2O3/c1-17-9-5-4-8(6-10(9)18-2)12-13(19-3)16-11(14)7-15-12/h4-7H,1-3H3. The van der Waals surface area contributed by atoms with E-state index in [1.54, 1.807) is 26.4 Å². The number of methoxy groups -OCH3 is 3. The van der Waals surface area contributed by atoms with Gasteiger partial charge in [0.05, 0.1) is 27.5 Å². The normalized spacial score (nSPS) is 10.1. The molecule has 0 saturated carbocycles. The van der Waals surface area contributed by atoms with Crippen molar-refractivity contribution in [2.24, 2.45) is 0 Å². The molecule has 0 bridgehead atoms. The summed E-state index contributed by atoms with van der Waals surface area (Å²) in [5.41, 5.74) is 1.39. The zero-order valence-electron chi connectivity index (χ0n) is 10.8. The molecule has 0 aliphatic carbocycles. The third kappa shape index (κ3) is 2.71. The van der Waals surface area contributed by atoms with Crippen molar-refractivity contribution in [3.8, 4) is 28.6 Å². The maximum atomic E-state index is 5.79. The van der Waals surface area contributed by atoms with Gasteiger partial charge in [-0.2, -0.15) is 4.98 Å². The zero-order chi connectivity index (χ0) is 13.8. The minimum absolute atomic E-state index is 0.279. The van der Waals surface area contributed by atoms with Crippen LogP contribution in [0.2, 0.25) is 5.15 Å². The Labute approximate surface area is 116 Å². The van der Waals surface area contributed by atoms with Crippen LogP contribution < -0.4 is 14.2 Å². The van der Waals surface area contributed by atoms with Crippen molar-refractivity contribution in [2.75, 3.05) is 21.3 Å². The lowest BCUT2D eigenvalue weighted by Crippen LogP contribution is -1.96. The monoisotopic (exact) mass is 280 g/mol. The second-order valence-corrected chi connectivity index (χ2v) is 4.01. The minimum atomic E-state index is 0.279. The molecule has 0 fully saturated rings. The Morgan fingerprint density at radius 1 is 1.00 bits per heavy atom. The van der Waals surface area contributed by atoms with Crippen molar-refractivity contribution in [1.82, 2.24) is 9.97 Å². The second-order valence-electron chi connectivity index (χ2n) is 3.62. The predicted octanol–water partition coefficient (Wildman–Crippen LogP) is 2.82. The Morgan fingerprint density at radius 2 is 1.74 bits per heavy atom. The van der Waals surface area contributed by atoms with E-state index in [2.05, 4.69) is 9.97 Å². The summed E-state index contributed by atoms with van der Waals surface area (Å²) in [6.07, 6.45) is 1.47. The molecule has 0 aliphatic heterocycles. The fraction of sp³-hybridized carbons (Fsp3) is 0.231. The molecule has 100 valence electrons. The van der Waals surface area contributed by atoms with Gasteiger partial charge in [0.1, 0.15) is 5.69 Å². The molecule has 0 amide bonds. The SMILES string of the molecule is COc1ccc(-c2ncc(Cl)nc2OC)cc1OC. The van der Waals surface area contributed by atoms with Crippen molar-refractivity contribution in [1.29, 1.82) is 0 Å². The van der Waals surface area contributed by atoms with E-state index >= 15 is 0 Å². The summed E-state index contributed by atoms with van der Waals surface area (Å²) in [4.78, 5) is 8.31. The van der Waals surface area contributed by atoms with E-state index in [-0.39, 0.29) is 5.15 Å².